The van der Waals surface area contributed by atoms with Crippen LogP contribution in [0.5, 0.6) is 0 Å². The quantitative estimate of drug-likeness (QED) is 0.747. The van der Waals surface area contributed by atoms with Crippen molar-refractivity contribution >= 4 is 8.07 Å². The van der Waals surface area contributed by atoms with Crippen molar-refractivity contribution in [2.75, 3.05) is 0 Å². The SMILES string of the molecule is C[Si](C)(C)C(O)Cc1ccccn1. The molecule has 2 nitrogen and oxygen atoms in total. The zero-order valence-corrected chi connectivity index (χ0v) is 9.49. The van der Waals surface area contributed by atoms with Gasteiger partial charge in [-0.15, -0.1) is 0 Å². The van der Waals surface area contributed by atoms with Crippen molar-refractivity contribution in [3.05, 3.63) is 30.1 Å². The largest absolute Gasteiger partial charge is 0.396 e. The average molecular weight is 195 g/mol. The lowest BCUT2D eigenvalue weighted by atomic mass is 10.3. The third-order valence-electron chi connectivity index (χ3n) is 2.13. The van der Waals surface area contributed by atoms with Crippen LogP contribution in [-0.2, 0) is 6.42 Å². The smallest absolute Gasteiger partial charge is 0.0786 e. The Morgan fingerprint density at radius 3 is 2.54 bits per heavy atom. The minimum atomic E-state index is -1.43. The molecule has 0 fully saturated rings. The van der Waals surface area contributed by atoms with Crippen LogP contribution in [0.25, 0.3) is 0 Å². The second-order valence-corrected chi connectivity index (χ2v) is 9.81. The summed E-state index contributed by atoms with van der Waals surface area (Å²) in [4.78, 5) is 4.19. The van der Waals surface area contributed by atoms with Crippen molar-refractivity contribution in [2.45, 2.75) is 31.8 Å². The first-order valence-electron chi connectivity index (χ1n) is 4.58. The highest BCUT2D eigenvalue weighted by atomic mass is 28.3. The highest BCUT2D eigenvalue weighted by molar-refractivity contribution is 6.77. The lowest BCUT2D eigenvalue weighted by molar-refractivity contribution is 0.243. The maximum atomic E-state index is 9.86. The number of aliphatic hydroxyl groups is 1. The van der Waals surface area contributed by atoms with E-state index in [1.807, 2.05) is 18.2 Å². The van der Waals surface area contributed by atoms with E-state index in [4.69, 9.17) is 0 Å². The number of aromatic nitrogens is 1. The summed E-state index contributed by atoms with van der Waals surface area (Å²) >= 11 is 0. The van der Waals surface area contributed by atoms with E-state index in [9.17, 15) is 5.11 Å². The van der Waals surface area contributed by atoms with Gasteiger partial charge in [-0.3, -0.25) is 4.98 Å². The fraction of sp³-hybridized carbons (Fsp3) is 0.500. The molecule has 1 atom stereocenters. The van der Waals surface area contributed by atoms with Gasteiger partial charge >= 0.3 is 0 Å². The minimum Gasteiger partial charge on any atom is -0.396 e. The molecule has 1 heterocycles. The highest BCUT2D eigenvalue weighted by Gasteiger charge is 2.24. The van der Waals surface area contributed by atoms with E-state index in [1.54, 1.807) is 6.20 Å². The van der Waals surface area contributed by atoms with Gasteiger partial charge in [-0.1, -0.05) is 25.7 Å². The van der Waals surface area contributed by atoms with Crippen LogP contribution in [0.2, 0.25) is 19.6 Å². The first-order valence-corrected chi connectivity index (χ1v) is 8.16. The molecule has 3 heteroatoms. The summed E-state index contributed by atoms with van der Waals surface area (Å²) in [5.41, 5.74) is 0.792. The number of hydrogen-bond acceptors (Lipinski definition) is 2. The zero-order valence-electron chi connectivity index (χ0n) is 8.49. The molecule has 0 amide bonds. The van der Waals surface area contributed by atoms with Crippen molar-refractivity contribution in [3.63, 3.8) is 0 Å². The Morgan fingerprint density at radius 2 is 2.08 bits per heavy atom. The molecule has 1 rings (SSSR count). The van der Waals surface area contributed by atoms with Crippen LogP contribution >= 0.6 is 0 Å². The number of pyridine rings is 1. The maximum Gasteiger partial charge on any atom is 0.0786 e. The molecule has 72 valence electrons. The van der Waals surface area contributed by atoms with E-state index in [1.165, 1.54) is 0 Å². The molecule has 0 bridgehead atoms. The van der Waals surface area contributed by atoms with Gasteiger partial charge in [-0.2, -0.15) is 0 Å². The van der Waals surface area contributed by atoms with Crippen LogP contribution in [0.4, 0.5) is 0 Å². The molecule has 1 aromatic rings. The molecule has 0 saturated carbocycles. The third-order valence-corrected chi connectivity index (χ3v) is 4.33. The van der Waals surface area contributed by atoms with Crippen LogP contribution in [0.1, 0.15) is 5.69 Å². The summed E-state index contributed by atoms with van der Waals surface area (Å²) in [6, 6.07) is 5.81. The Morgan fingerprint density at radius 1 is 1.38 bits per heavy atom. The number of aliphatic hydroxyl groups excluding tert-OH is 1. The Labute approximate surface area is 80.7 Å². The summed E-state index contributed by atoms with van der Waals surface area (Å²) in [6.07, 6.45) is 2.46. The fourth-order valence-electron chi connectivity index (χ4n) is 1.02. The van der Waals surface area contributed by atoms with E-state index in [0.717, 1.165) is 5.69 Å². The van der Waals surface area contributed by atoms with Gasteiger partial charge in [0.25, 0.3) is 0 Å². The summed E-state index contributed by atoms with van der Waals surface area (Å²) in [6.45, 7) is 6.50. The van der Waals surface area contributed by atoms with E-state index < -0.39 is 8.07 Å². The van der Waals surface area contributed by atoms with Crippen molar-refractivity contribution in [3.8, 4) is 0 Å². The lowest BCUT2D eigenvalue weighted by Gasteiger charge is -2.23. The first kappa shape index (κ1) is 10.4. The van der Waals surface area contributed by atoms with Crippen molar-refractivity contribution in [1.82, 2.24) is 4.98 Å². The summed E-state index contributed by atoms with van der Waals surface area (Å²) < 4.78 is 0. The molecule has 0 aliphatic rings. The van der Waals surface area contributed by atoms with Crippen molar-refractivity contribution in [1.29, 1.82) is 0 Å². The normalized spacial score (nSPS) is 14.2. The van der Waals surface area contributed by atoms with Gasteiger partial charge in [0.05, 0.1) is 13.8 Å². The molecule has 1 N–H and O–H groups in total. The molecule has 13 heavy (non-hydrogen) atoms. The van der Waals surface area contributed by atoms with Gasteiger partial charge in [-0.05, 0) is 12.1 Å². The van der Waals surface area contributed by atoms with Crippen molar-refractivity contribution < 1.29 is 5.11 Å². The zero-order chi connectivity index (χ0) is 9.90. The summed E-state index contributed by atoms with van der Waals surface area (Å²) in [5, 5.41) is 9.86. The Balaban J connectivity index is 2.61. The molecule has 0 saturated heterocycles. The molecular weight excluding hydrogens is 178 g/mol. The van der Waals surface area contributed by atoms with Gasteiger partial charge < -0.3 is 5.11 Å². The predicted molar refractivity (Wildman–Crippen MR) is 57.3 cm³/mol. The van der Waals surface area contributed by atoms with Crippen molar-refractivity contribution in [2.24, 2.45) is 0 Å². The fourth-order valence-corrected chi connectivity index (χ4v) is 1.84. The Hall–Kier alpha value is -0.673. The highest BCUT2D eigenvalue weighted by Crippen LogP contribution is 2.11. The van der Waals surface area contributed by atoms with Crippen LogP contribution in [0, 0.1) is 0 Å². The summed E-state index contributed by atoms with van der Waals surface area (Å²) in [7, 11) is -1.43. The number of hydrogen-bond donors (Lipinski definition) is 1. The minimum absolute atomic E-state index is 0.192. The molecule has 0 spiro atoms. The van der Waals surface area contributed by atoms with Crippen LogP contribution < -0.4 is 0 Å². The Kier molecular flexibility index (Phi) is 3.22. The molecule has 1 aromatic heterocycles. The third kappa shape index (κ3) is 3.28. The number of nitrogens with zero attached hydrogens (tertiary/aromatic N) is 1. The molecule has 0 aliphatic carbocycles. The lowest BCUT2D eigenvalue weighted by Crippen LogP contribution is -2.39. The molecular formula is C10H17NOSi. The Bertz CT molecular complexity index is 255. The molecule has 1 unspecified atom stereocenters. The van der Waals surface area contributed by atoms with E-state index in [-0.39, 0.29) is 5.73 Å². The molecule has 0 aromatic carbocycles. The maximum absolute atomic E-state index is 9.86. The predicted octanol–water partition coefficient (Wildman–Crippen LogP) is 1.86. The number of rotatable bonds is 3. The van der Waals surface area contributed by atoms with Gasteiger partial charge in [0.15, 0.2) is 0 Å². The van der Waals surface area contributed by atoms with E-state index in [0.29, 0.717) is 6.42 Å². The van der Waals surface area contributed by atoms with Gasteiger partial charge in [0.2, 0.25) is 0 Å². The van der Waals surface area contributed by atoms with Crippen LogP contribution in [-0.4, -0.2) is 23.9 Å². The standard InChI is InChI=1S/C10H17NOSi/c1-13(2,3)10(12)8-9-6-4-5-7-11-9/h4-7,10,12H,8H2,1-3H3. The van der Waals surface area contributed by atoms with Gasteiger partial charge in [0.1, 0.15) is 0 Å². The van der Waals surface area contributed by atoms with Gasteiger partial charge in [0, 0.05) is 18.3 Å². The van der Waals surface area contributed by atoms with Crippen LogP contribution in [0.3, 0.4) is 0 Å². The molecule has 0 radical (unpaired) electrons. The topological polar surface area (TPSA) is 33.1 Å². The molecule has 0 aliphatic heterocycles. The second kappa shape index (κ2) is 4.02. The average Bonchev–Trinajstić information content (AvgIpc) is 2.04. The first-order chi connectivity index (χ1) is 6.00. The van der Waals surface area contributed by atoms with Crippen LogP contribution in [0.15, 0.2) is 24.4 Å². The second-order valence-electron chi connectivity index (χ2n) is 4.41. The van der Waals surface area contributed by atoms with E-state index >= 15 is 0 Å². The summed E-state index contributed by atoms with van der Waals surface area (Å²) in [5.74, 6) is 0. The van der Waals surface area contributed by atoms with Gasteiger partial charge in [-0.25, -0.2) is 0 Å². The van der Waals surface area contributed by atoms with E-state index in [2.05, 4.69) is 24.6 Å². The monoisotopic (exact) mass is 195 g/mol.